The van der Waals surface area contributed by atoms with Crippen LogP contribution in [0.2, 0.25) is 5.02 Å². The van der Waals surface area contributed by atoms with Crippen LogP contribution >= 0.6 is 11.6 Å². The zero-order chi connectivity index (χ0) is 17.8. The van der Waals surface area contributed by atoms with Crippen LogP contribution in [0.4, 0.5) is 4.79 Å². The summed E-state index contributed by atoms with van der Waals surface area (Å²) in [6.45, 7) is 0.453. The summed E-state index contributed by atoms with van der Waals surface area (Å²) in [6, 6.07) is 16.0. The van der Waals surface area contributed by atoms with Crippen molar-refractivity contribution in [1.29, 1.82) is 0 Å². The molecule has 0 fully saturated rings. The van der Waals surface area contributed by atoms with Crippen molar-refractivity contribution in [2.24, 2.45) is 0 Å². The van der Waals surface area contributed by atoms with E-state index in [-0.39, 0.29) is 0 Å². The van der Waals surface area contributed by atoms with E-state index in [9.17, 15) is 9.59 Å². The van der Waals surface area contributed by atoms with Crippen molar-refractivity contribution in [3.63, 3.8) is 0 Å². The SMILES string of the molecule is CN(CCc1ccccc1)C(=O)n1nnn(-c2ccccc2Cl)c1=O. The fourth-order valence-electron chi connectivity index (χ4n) is 2.34. The minimum atomic E-state index is -0.662. The largest absolute Gasteiger partial charge is 0.377 e. The Bertz CT molecular complexity index is 935. The molecule has 8 heteroatoms. The van der Waals surface area contributed by atoms with E-state index in [1.807, 2.05) is 30.3 Å². The predicted octanol–water partition coefficient (Wildman–Crippen LogP) is 2.22. The molecule has 7 nitrogen and oxygen atoms in total. The first-order valence-corrected chi connectivity index (χ1v) is 8.05. The van der Waals surface area contributed by atoms with E-state index < -0.39 is 11.7 Å². The molecule has 0 spiro atoms. The highest BCUT2D eigenvalue weighted by molar-refractivity contribution is 6.32. The number of rotatable bonds is 4. The van der Waals surface area contributed by atoms with Gasteiger partial charge in [0.2, 0.25) is 0 Å². The van der Waals surface area contributed by atoms with Crippen LogP contribution < -0.4 is 5.69 Å². The predicted molar refractivity (Wildman–Crippen MR) is 94.2 cm³/mol. The van der Waals surface area contributed by atoms with Gasteiger partial charge in [0, 0.05) is 13.6 Å². The number of benzene rings is 2. The van der Waals surface area contributed by atoms with Gasteiger partial charge >= 0.3 is 11.7 Å². The van der Waals surface area contributed by atoms with Crippen molar-refractivity contribution in [2.75, 3.05) is 13.6 Å². The molecule has 0 N–H and O–H groups in total. The van der Waals surface area contributed by atoms with E-state index >= 15 is 0 Å². The molecule has 1 heterocycles. The Balaban J connectivity index is 1.77. The molecule has 1 aromatic heterocycles. The quantitative estimate of drug-likeness (QED) is 0.671. The van der Waals surface area contributed by atoms with Gasteiger partial charge in [0.05, 0.1) is 10.7 Å². The Labute approximate surface area is 149 Å². The van der Waals surface area contributed by atoms with E-state index in [0.29, 0.717) is 23.7 Å². The number of nitrogens with zero attached hydrogens (tertiary/aromatic N) is 5. The molecule has 0 aliphatic carbocycles. The Morgan fingerprint density at radius 1 is 1.08 bits per heavy atom. The summed E-state index contributed by atoms with van der Waals surface area (Å²) in [6.07, 6.45) is 0.677. The van der Waals surface area contributed by atoms with Gasteiger partial charge in [-0.3, -0.25) is 0 Å². The minimum Gasteiger partial charge on any atom is -0.325 e. The number of likely N-dealkylation sites (N-methyl/N-ethyl adjacent to an activating group) is 1. The number of amides is 1. The van der Waals surface area contributed by atoms with Gasteiger partial charge in [-0.15, -0.1) is 4.68 Å². The Morgan fingerprint density at radius 2 is 1.76 bits per heavy atom. The number of hydrogen-bond acceptors (Lipinski definition) is 4. The van der Waals surface area contributed by atoms with Gasteiger partial charge in [-0.25, -0.2) is 9.59 Å². The van der Waals surface area contributed by atoms with Gasteiger partial charge in [-0.2, -0.15) is 4.68 Å². The molecule has 0 saturated heterocycles. The highest BCUT2D eigenvalue weighted by atomic mass is 35.5. The molecule has 3 rings (SSSR count). The second kappa shape index (κ2) is 7.31. The van der Waals surface area contributed by atoms with Crippen LogP contribution in [0.25, 0.3) is 5.69 Å². The zero-order valence-corrected chi connectivity index (χ0v) is 14.3. The van der Waals surface area contributed by atoms with Gasteiger partial charge in [0.1, 0.15) is 0 Å². The summed E-state index contributed by atoms with van der Waals surface area (Å²) < 4.78 is 1.74. The summed E-state index contributed by atoms with van der Waals surface area (Å²) in [5.74, 6) is 0. The molecule has 0 radical (unpaired) electrons. The fourth-order valence-corrected chi connectivity index (χ4v) is 2.56. The summed E-state index contributed by atoms with van der Waals surface area (Å²) in [7, 11) is 1.62. The molecule has 0 aliphatic rings. The van der Waals surface area contributed by atoms with Crippen LogP contribution in [0, 0.1) is 0 Å². The Hall–Kier alpha value is -2.93. The molecule has 2 aromatic carbocycles. The molecule has 0 bridgehead atoms. The van der Waals surface area contributed by atoms with E-state index in [1.54, 1.807) is 31.3 Å². The zero-order valence-electron chi connectivity index (χ0n) is 13.5. The standard InChI is InChI=1S/C17H16ClN5O2/c1-21(12-11-13-7-3-2-4-8-13)16(24)23-17(25)22(19-20-23)15-10-6-5-9-14(15)18/h2-10H,11-12H2,1H3. The average molecular weight is 358 g/mol. The van der Waals surface area contributed by atoms with Crippen molar-refractivity contribution in [3.8, 4) is 5.69 Å². The smallest absolute Gasteiger partial charge is 0.325 e. The van der Waals surface area contributed by atoms with E-state index in [2.05, 4.69) is 10.4 Å². The minimum absolute atomic E-state index is 0.349. The molecule has 0 aliphatic heterocycles. The maximum absolute atomic E-state index is 12.5. The average Bonchev–Trinajstić information content (AvgIpc) is 3.01. The lowest BCUT2D eigenvalue weighted by atomic mass is 10.1. The Morgan fingerprint density at radius 3 is 2.48 bits per heavy atom. The van der Waals surface area contributed by atoms with E-state index in [0.717, 1.165) is 14.9 Å². The number of carbonyl (C=O) groups excluding carboxylic acids is 1. The van der Waals surface area contributed by atoms with Gasteiger partial charge in [0.15, 0.2) is 0 Å². The first-order valence-electron chi connectivity index (χ1n) is 7.67. The van der Waals surface area contributed by atoms with Crippen molar-refractivity contribution in [3.05, 3.63) is 75.7 Å². The Kier molecular flexibility index (Phi) is 4.95. The summed E-state index contributed by atoms with van der Waals surface area (Å²) in [4.78, 5) is 26.3. The molecular formula is C17H16ClN5O2. The fraction of sp³-hybridized carbons (Fsp3) is 0.176. The topological polar surface area (TPSA) is 73.0 Å². The van der Waals surface area contributed by atoms with E-state index in [1.165, 1.54) is 4.90 Å². The van der Waals surface area contributed by atoms with Crippen LogP contribution in [0.15, 0.2) is 59.4 Å². The second-order valence-corrected chi connectivity index (χ2v) is 5.88. The van der Waals surface area contributed by atoms with Gasteiger partial charge < -0.3 is 4.90 Å². The number of hydrogen-bond donors (Lipinski definition) is 0. The molecule has 0 atom stereocenters. The number of tetrazole rings is 1. The molecule has 0 saturated carbocycles. The van der Waals surface area contributed by atoms with Gasteiger partial charge in [0.25, 0.3) is 0 Å². The normalized spacial score (nSPS) is 10.6. The van der Waals surface area contributed by atoms with Crippen LogP contribution in [-0.2, 0) is 6.42 Å². The lowest BCUT2D eigenvalue weighted by Crippen LogP contribution is -2.39. The molecule has 0 unspecified atom stereocenters. The number of carbonyl (C=O) groups is 1. The lowest BCUT2D eigenvalue weighted by Gasteiger charge is -2.15. The summed E-state index contributed by atoms with van der Waals surface area (Å²) in [5, 5.41) is 7.78. The maximum Gasteiger partial charge on any atom is 0.377 e. The molecular weight excluding hydrogens is 342 g/mol. The van der Waals surface area contributed by atoms with Crippen molar-refractivity contribution in [1.82, 2.24) is 24.7 Å². The second-order valence-electron chi connectivity index (χ2n) is 5.48. The van der Waals surface area contributed by atoms with Gasteiger partial charge in [-0.05, 0) is 34.5 Å². The van der Waals surface area contributed by atoms with Crippen molar-refractivity contribution in [2.45, 2.75) is 6.42 Å². The highest BCUT2D eigenvalue weighted by Gasteiger charge is 2.19. The molecule has 128 valence electrons. The van der Waals surface area contributed by atoms with Crippen LogP contribution in [-0.4, -0.2) is 44.3 Å². The third-order valence-electron chi connectivity index (χ3n) is 3.75. The van der Waals surface area contributed by atoms with Crippen LogP contribution in [0.5, 0.6) is 0 Å². The van der Waals surface area contributed by atoms with Gasteiger partial charge in [-0.1, -0.05) is 54.1 Å². The first kappa shape index (κ1) is 16.9. The van der Waals surface area contributed by atoms with Crippen molar-refractivity contribution < 1.29 is 4.79 Å². The first-order chi connectivity index (χ1) is 12.1. The summed E-state index contributed by atoms with van der Waals surface area (Å²) in [5.41, 5.74) is 0.819. The number of para-hydroxylation sites is 1. The maximum atomic E-state index is 12.5. The third kappa shape index (κ3) is 3.61. The van der Waals surface area contributed by atoms with Crippen LogP contribution in [0.1, 0.15) is 5.56 Å². The number of halogens is 1. The third-order valence-corrected chi connectivity index (χ3v) is 4.07. The monoisotopic (exact) mass is 357 g/mol. The summed E-state index contributed by atoms with van der Waals surface area (Å²) >= 11 is 6.07. The molecule has 25 heavy (non-hydrogen) atoms. The van der Waals surface area contributed by atoms with Crippen molar-refractivity contribution >= 4 is 17.6 Å². The highest BCUT2D eigenvalue weighted by Crippen LogP contribution is 2.16. The van der Waals surface area contributed by atoms with E-state index in [4.69, 9.17) is 11.6 Å². The number of aromatic nitrogens is 4. The molecule has 3 aromatic rings. The molecule has 1 amide bonds. The van der Waals surface area contributed by atoms with Crippen LogP contribution in [0.3, 0.4) is 0 Å². The lowest BCUT2D eigenvalue weighted by molar-refractivity contribution is 0.206.